The Morgan fingerprint density at radius 1 is 1.39 bits per heavy atom. The maximum atomic E-state index is 9.21. The summed E-state index contributed by atoms with van der Waals surface area (Å²) in [4.78, 5) is 0. The molecule has 2 atom stereocenters. The number of rotatable bonds is 7. The summed E-state index contributed by atoms with van der Waals surface area (Å²) in [7, 11) is 0. The summed E-state index contributed by atoms with van der Waals surface area (Å²) < 4.78 is 5.93. The first-order valence-electron chi connectivity index (χ1n) is 7.37. The Kier molecular flexibility index (Phi) is 6.67. The van der Waals surface area contributed by atoms with Gasteiger partial charge in [0.25, 0.3) is 0 Å². The first-order valence-corrected chi connectivity index (χ1v) is 7.37. The molecule has 0 heterocycles. The number of hydrogen-bond acceptors (Lipinski definition) is 3. The van der Waals surface area contributed by atoms with Gasteiger partial charge in [-0.1, -0.05) is 26.2 Å². The average molecular weight is 252 g/mol. The number of ether oxygens (including phenoxy) is 1. The third-order valence-corrected chi connectivity index (χ3v) is 3.85. The molecule has 18 heavy (non-hydrogen) atoms. The molecule has 1 aliphatic carbocycles. The van der Waals surface area contributed by atoms with Gasteiger partial charge < -0.3 is 4.74 Å². The van der Waals surface area contributed by atoms with Crippen LogP contribution in [-0.4, -0.2) is 24.8 Å². The van der Waals surface area contributed by atoms with Crippen LogP contribution in [0.5, 0.6) is 0 Å². The molecule has 1 aliphatic rings. The van der Waals surface area contributed by atoms with Crippen LogP contribution in [0.4, 0.5) is 0 Å². The highest BCUT2D eigenvalue weighted by atomic mass is 16.5. The predicted octanol–water partition coefficient (Wildman–Crippen LogP) is 3.25. The van der Waals surface area contributed by atoms with Crippen molar-refractivity contribution < 1.29 is 4.74 Å². The maximum Gasteiger partial charge on any atom is 0.106 e. The fraction of sp³-hybridized carbons (Fsp3) is 0.933. The van der Waals surface area contributed by atoms with E-state index in [0.29, 0.717) is 0 Å². The van der Waals surface area contributed by atoms with Crippen molar-refractivity contribution in [3.63, 3.8) is 0 Å². The molecular weight excluding hydrogens is 224 g/mol. The Hall–Kier alpha value is -0.590. The second-order valence-electron chi connectivity index (χ2n) is 5.83. The topological polar surface area (TPSA) is 45.0 Å². The van der Waals surface area contributed by atoms with E-state index in [-0.39, 0.29) is 6.10 Å². The van der Waals surface area contributed by atoms with E-state index < -0.39 is 5.54 Å². The Morgan fingerprint density at radius 2 is 2.06 bits per heavy atom. The van der Waals surface area contributed by atoms with Gasteiger partial charge in [0, 0.05) is 13.0 Å². The molecule has 1 rings (SSSR count). The molecule has 1 N–H and O–H groups in total. The van der Waals surface area contributed by atoms with Crippen LogP contribution in [0, 0.1) is 17.2 Å². The van der Waals surface area contributed by atoms with E-state index in [2.05, 4.69) is 18.3 Å². The van der Waals surface area contributed by atoms with Crippen LogP contribution in [0.1, 0.15) is 59.3 Å². The number of hydrogen-bond donors (Lipinski definition) is 1. The molecule has 0 aromatic rings. The molecule has 0 saturated heterocycles. The molecule has 2 unspecified atom stereocenters. The van der Waals surface area contributed by atoms with Crippen molar-refractivity contribution >= 4 is 0 Å². The lowest BCUT2D eigenvalue weighted by atomic mass is 9.90. The van der Waals surface area contributed by atoms with Gasteiger partial charge in [0.05, 0.1) is 12.2 Å². The van der Waals surface area contributed by atoms with Crippen LogP contribution >= 0.6 is 0 Å². The Morgan fingerprint density at radius 3 is 2.61 bits per heavy atom. The summed E-state index contributed by atoms with van der Waals surface area (Å²) in [5.74, 6) is 0.744. The highest BCUT2D eigenvalue weighted by Crippen LogP contribution is 2.24. The molecule has 1 saturated carbocycles. The van der Waals surface area contributed by atoms with Crippen molar-refractivity contribution in [2.24, 2.45) is 5.92 Å². The minimum Gasteiger partial charge on any atom is -0.378 e. The molecule has 3 nitrogen and oxygen atoms in total. The number of nitrogens with zero attached hydrogens (tertiary/aromatic N) is 1. The SMILES string of the molecule is CCNC(C)(C#N)CC(C)OCC1CCCCC1. The van der Waals surface area contributed by atoms with Gasteiger partial charge in [-0.3, -0.25) is 5.32 Å². The normalized spacial score (nSPS) is 22.1. The van der Waals surface area contributed by atoms with Crippen molar-refractivity contribution in [3.05, 3.63) is 0 Å². The minimum absolute atomic E-state index is 0.149. The highest BCUT2D eigenvalue weighted by molar-refractivity contribution is 5.04. The summed E-state index contributed by atoms with van der Waals surface area (Å²) in [6, 6.07) is 2.36. The van der Waals surface area contributed by atoms with E-state index in [4.69, 9.17) is 4.74 Å². The van der Waals surface area contributed by atoms with Gasteiger partial charge in [-0.2, -0.15) is 5.26 Å². The van der Waals surface area contributed by atoms with Crippen molar-refractivity contribution in [1.29, 1.82) is 5.26 Å². The quantitative estimate of drug-likeness (QED) is 0.756. The van der Waals surface area contributed by atoms with Gasteiger partial charge in [0.2, 0.25) is 0 Å². The lowest BCUT2D eigenvalue weighted by Crippen LogP contribution is -2.43. The monoisotopic (exact) mass is 252 g/mol. The molecule has 3 heteroatoms. The minimum atomic E-state index is -0.458. The van der Waals surface area contributed by atoms with Crippen LogP contribution in [0.15, 0.2) is 0 Å². The Labute approximate surface area is 112 Å². The van der Waals surface area contributed by atoms with Crippen LogP contribution in [0.2, 0.25) is 0 Å². The summed E-state index contributed by atoms with van der Waals surface area (Å²) >= 11 is 0. The fourth-order valence-electron chi connectivity index (χ4n) is 2.84. The van der Waals surface area contributed by atoms with Crippen molar-refractivity contribution in [1.82, 2.24) is 5.32 Å². The molecular formula is C15H28N2O. The number of nitriles is 1. The number of nitrogens with one attached hydrogen (secondary N) is 1. The standard InChI is InChI=1S/C15H28N2O/c1-4-17-15(3,12-16)10-13(2)18-11-14-8-6-5-7-9-14/h13-14,17H,4-11H2,1-3H3. The largest absolute Gasteiger partial charge is 0.378 e. The predicted molar refractivity (Wildman–Crippen MR) is 74.3 cm³/mol. The molecule has 0 bridgehead atoms. The molecule has 1 fully saturated rings. The summed E-state index contributed by atoms with van der Waals surface area (Å²) in [5.41, 5.74) is -0.458. The zero-order valence-corrected chi connectivity index (χ0v) is 12.2. The lowest BCUT2D eigenvalue weighted by molar-refractivity contribution is 0.0174. The summed E-state index contributed by atoms with van der Waals surface area (Å²) in [5, 5.41) is 12.5. The van der Waals surface area contributed by atoms with Gasteiger partial charge in [-0.05, 0) is 39.2 Å². The summed E-state index contributed by atoms with van der Waals surface area (Å²) in [6.07, 6.45) is 7.63. The summed E-state index contributed by atoms with van der Waals surface area (Å²) in [6.45, 7) is 7.75. The van der Waals surface area contributed by atoms with Gasteiger partial charge in [0.15, 0.2) is 0 Å². The zero-order chi connectivity index (χ0) is 13.4. The Balaban J connectivity index is 2.27. The fourth-order valence-corrected chi connectivity index (χ4v) is 2.84. The second kappa shape index (κ2) is 7.76. The third-order valence-electron chi connectivity index (χ3n) is 3.85. The highest BCUT2D eigenvalue weighted by Gasteiger charge is 2.26. The van der Waals surface area contributed by atoms with Crippen molar-refractivity contribution in [3.8, 4) is 6.07 Å². The van der Waals surface area contributed by atoms with Crippen LogP contribution in [0.3, 0.4) is 0 Å². The second-order valence-corrected chi connectivity index (χ2v) is 5.83. The third kappa shape index (κ3) is 5.37. The lowest BCUT2D eigenvalue weighted by Gasteiger charge is -2.28. The van der Waals surface area contributed by atoms with E-state index in [0.717, 1.165) is 25.5 Å². The van der Waals surface area contributed by atoms with E-state index >= 15 is 0 Å². The van der Waals surface area contributed by atoms with Gasteiger partial charge >= 0.3 is 0 Å². The molecule has 0 radical (unpaired) electrons. The van der Waals surface area contributed by atoms with E-state index in [1.807, 2.05) is 13.8 Å². The van der Waals surface area contributed by atoms with E-state index in [1.54, 1.807) is 0 Å². The van der Waals surface area contributed by atoms with Gasteiger partial charge in [-0.15, -0.1) is 0 Å². The van der Waals surface area contributed by atoms with E-state index in [9.17, 15) is 5.26 Å². The van der Waals surface area contributed by atoms with Gasteiger partial charge in [-0.25, -0.2) is 0 Å². The Bertz CT molecular complexity index is 268. The van der Waals surface area contributed by atoms with Crippen molar-refractivity contribution in [2.45, 2.75) is 70.9 Å². The van der Waals surface area contributed by atoms with Gasteiger partial charge in [0.1, 0.15) is 5.54 Å². The molecule has 0 spiro atoms. The average Bonchev–Trinajstić information content (AvgIpc) is 2.38. The smallest absolute Gasteiger partial charge is 0.106 e. The molecule has 0 aliphatic heterocycles. The first-order chi connectivity index (χ1) is 8.59. The zero-order valence-electron chi connectivity index (χ0n) is 12.2. The van der Waals surface area contributed by atoms with E-state index in [1.165, 1.54) is 32.1 Å². The van der Waals surface area contributed by atoms with Crippen LogP contribution < -0.4 is 5.32 Å². The molecule has 104 valence electrons. The maximum absolute atomic E-state index is 9.21. The first kappa shape index (κ1) is 15.5. The molecule has 0 aromatic carbocycles. The van der Waals surface area contributed by atoms with Crippen LogP contribution in [0.25, 0.3) is 0 Å². The van der Waals surface area contributed by atoms with Crippen molar-refractivity contribution in [2.75, 3.05) is 13.2 Å². The molecule has 0 aromatic heterocycles. The van der Waals surface area contributed by atoms with Crippen LogP contribution in [-0.2, 0) is 4.74 Å². The molecule has 0 amide bonds.